The Balaban J connectivity index is 1.85. The summed E-state index contributed by atoms with van der Waals surface area (Å²) in [5, 5.41) is 2.87. The number of fused-ring (bicyclic) bond motifs is 1. The van der Waals surface area contributed by atoms with Gasteiger partial charge in [-0.3, -0.25) is 4.79 Å². The number of rotatable bonds is 6. The summed E-state index contributed by atoms with van der Waals surface area (Å²) in [7, 11) is 1.43. The number of methoxy groups -OCH3 is 1. The maximum absolute atomic E-state index is 14.2. The highest BCUT2D eigenvalue weighted by molar-refractivity contribution is 7.21. The van der Waals surface area contributed by atoms with Gasteiger partial charge in [0.1, 0.15) is 11.6 Å². The lowest BCUT2D eigenvalue weighted by Gasteiger charge is -2.13. The molecule has 0 saturated heterocycles. The van der Waals surface area contributed by atoms with Gasteiger partial charge in [0.05, 0.1) is 11.5 Å². The van der Waals surface area contributed by atoms with Gasteiger partial charge in [-0.25, -0.2) is 4.39 Å². The number of thiophene rings is 1. The number of hydrogen-bond donors (Lipinski definition) is 1. The first-order valence-electron chi connectivity index (χ1n) is 8.11. The number of carbonyl (C=O) groups excluding carboxylic acids is 1. The van der Waals surface area contributed by atoms with Gasteiger partial charge in [-0.2, -0.15) is 0 Å². The van der Waals surface area contributed by atoms with E-state index in [1.807, 2.05) is 0 Å². The average Bonchev–Trinajstić information content (AvgIpc) is 3.00. The maximum Gasteiger partial charge on any atom is 0.573 e. The fourth-order valence-corrected chi connectivity index (χ4v) is 3.90. The summed E-state index contributed by atoms with van der Waals surface area (Å²) in [6, 6.07) is 10.0. The van der Waals surface area contributed by atoms with Crippen molar-refractivity contribution in [2.75, 3.05) is 7.11 Å². The van der Waals surface area contributed by atoms with Gasteiger partial charge in [-0.15, -0.1) is 24.5 Å². The van der Waals surface area contributed by atoms with Crippen LogP contribution in [0.1, 0.15) is 20.8 Å². The van der Waals surface area contributed by atoms with Gasteiger partial charge >= 0.3 is 6.36 Å². The third kappa shape index (κ3) is 4.42. The summed E-state index contributed by atoms with van der Waals surface area (Å²) in [6.45, 7) is -0.161. The van der Waals surface area contributed by atoms with Crippen LogP contribution in [-0.2, 0) is 17.9 Å². The first kappa shape index (κ1) is 20.1. The van der Waals surface area contributed by atoms with Crippen molar-refractivity contribution in [1.29, 1.82) is 0 Å². The molecule has 0 aliphatic carbocycles. The zero-order valence-electron chi connectivity index (χ0n) is 14.6. The summed E-state index contributed by atoms with van der Waals surface area (Å²) >= 11 is 1.09. The van der Waals surface area contributed by atoms with Crippen molar-refractivity contribution >= 4 is 27.3 Å². The van der Waals surface area contributed by atoms with Crippen LogP contribution < -0.4 is 10.1 Å². The van der Waals surface area contributed by atoms with E-state index in [9.17, 15) is 22.4 Å². The van der Waals surface area contributed by atoms with Gasteiger partial charge in [0, 0.05) is 34.9 Å². The Morgan fingerprint density at radius 2 is 1.89 bits per heavy atom. The second-order valence-corrected chi connectivity index (χ2v) is 6.85. The van der Waals surface area contributed by atoms with Crippen LogP contribution in [-0.4, -0.2) is 19.4 Å². The molecular formula is C19H15F4NO3S. The van der Waals surface area contributed by atoms with Crippen molar-refractivity contribution < 1.29 is 31.8 Å². The van der Waals surface area contributed by atoms with E-state index >= 15 is 0 Å². The molecule has 2 aromatic carbocycles. The van der Waals surface area contributed by atoms with E-state index in [1.165, 1.54) is 43.5 Å². The van der Waals surface area contributed by atoms with Crippen LogP contribution in [0.2, 0.25) is 0 Å². The van der Waals surface area contributed by atoms with Crippen LogP contribution >= 0.6 is 11.3 Å². The topological polar surface area (TPSA) is 47.6 Å². The summed E-state index contributed by atoms with van der Waals surface area (Å²) in [4.78, 5) is 12.9. The Morgan fingerprint density at radius 1 is 1.14 bits per heavy atom. The van der Waals surface area contributed by atoms with Crippen molar-refractivity contribution in [3.05, 3.63) is 64.3 Å². The van der Waals surface area contributed by atoms with Crippen LogP contribution in [0, 0.1) is 5.82 Å². The summed E-state index contributed by atoms with van der Waals surface area (Å²) < 4.78 is 61.4. The number of para-hydroxylation sites is 1. The van der Waals surface area contributed by atoms with Crippen molar-refractivity contribution in [3.8, 4) is 5.75 Å². The molecule has 3 rings (SSSR count). The van der Waals surface area contributed by atoms with Gasteiger partial charge in [-0.1, -0.05) is 24.3 Å². The van der Waals surface area contributed by atoms with Crippen molar-refractivity contribution in [2.24, 2.45) is 0 Å². The fourth-order valence-electron chi connectivity index (χ4n) is 2.76. The van der Waals surface area contributed by atoms with E-state index in [4.69, 9.17) is 4.74 Å². The van der Waals surface area contributed by atoms with Gasteiger partial charge in [0.2, 0.25) is 0 Å². The second-order valence-electron chi connectivity index (χ2n) is 5.79. The summed E-state index contributed by atoms with van der Waals surface area (Å²) in [5.74, 6) is -1.40. The summed E-state index contributed by atoms with van der Waals surface area (Å²) in [6.07, 6.45) is -4.84. The van der Waals surface area contributed by atoms with Crippen LogP contribution in [0.15, 0.2) is 42.5 Å². The number of carbonyl (C=O) groups is 1. The molecule has 0 bridgehead atoms. The number of ether oxygens (including phenoxy) is 2. The van der Waals surface area contributed by atoms with E-state index in [2.05, 4.69) is 10.1 Å². The number of alkyl halides is 3. The lowest BCUT2D eigenvalue weighted by Crippen LogP contribution is -2.24. The van der Waals surface area contributed by atoms with Crippen molar-refractivity contribution in [1.82, 2.24) is 5.32 Å². The minimum Gasteiger partial charge on any atom is -0.405 e. The normalized spacial score (nSPS) is 11.6. The zero-order valence-corrected chi connectivity index (χ0v) is 15.4. The van der Waals surface area contributed by atoms with E-state index in [1.54, 1.807) is 6.07 Å². The molecule has 9 heteroatoms. The molecule has 1 N–H and O–H groups in total. The zero-order chi connectivity index (χ0) is 20.3. The molecule has 0 spiro atoms. The minimum absolute atomic E-state index is 0.0253. The van der Waals surface area contributed by atoms with Gasteiger partial charge in [0.15, 0.2) is 0 Å². The molecule has 1 amide bonds. The molecule has 148 valence electrons. The highest BCUT2D eigenvalue weighted by Gasteiger charge is 2.32. The summed E-state index contributed by atoms with van der Waals surface area (Å²) in [5.41, 5.74) is 0.562. The van der Waals surface area contributed by atoms with Crippen LogP contribution in [0.25, 0.3) is 10.1 Å². The molecule has 1 heterocycles. The fraction of sp³-hybridized carbons (Fsp3) is 0.211. The van der Waals surface area contributed by atoms with Crippen LogP contribution in [0.5, 0.6) is 5.75 Å². The number of halogens is 4. The monoisotopic (exact) mass is 413 g/mol. The smallest absolute Gasteiger partial charge is 0.405 e. The molecule has 28 heavy (non-hydrogen) atoms. The molecule has 1 aromatic heterocycles. The van der Waals surface area contributed by atoms with Gasteiger partial charge in [-0.05, 0) is 18.2 Å². The third-order valence-corrected chi connectivity index (χ3v) is 5.09. The Morgan fingerprint density at radius 3 is 2.61 bits per heavy atom. The van der Waals surface area contributed by atoms with E-state index < -0.39 is 23.8 Å². The second kappa shape index (κ2) is 8.15. The molecule has 3 aromatic rings. The van der Waals surface area contributed by atoms with Crippen molar-refractivity contribution in [3.63, 3.8) is 0 Å². The predicted octanol–water partition coefficient (Wildman–Crippen LogP) is 5.02. The van der Waals surface area contributed by atoms with Gasteiger partial charge in [0.25, 0.3) is 5.91 Å². The first-order valence-corrected chi connectivity index (χ1v) is 8.92. The standard InChI is InChI=1S/C19H15F4NO3S/c1-26-10-12-16-13(20)6-4-8-15(16)28-17(12)18(25)24-9-11-5-2-3-7-14(11)27-19(21,22)23/h2-8H,9-10H2,1H3,(H,24,25). The Labute approximate surface area is 161 Å². The molecule has 0 atom stereocenters. The quantitative estimate of drug-likeness (QED) is 0.578. The largest absolute Gasteiger partial charge is 0.573 e. The predicted molar refractivity (Wildman–Crippen MR) is 96.8 cm³/mol. The number of benzene rings is 2. The van der Waals surface area contributed by atoms with Crippen molar-refractivity contribution in [2.45, 2.75) is 19.5 Å². The van der Waals surface area contributed by atoms with Crippen LogP contribution in [0.3, 0.4) is 0 Å². The highest BCUT2D eigenvalue weighted by atomic mass is 32.1. The molecule has 0 unspecified atom stereocenters. The number of nitrogens with one attached hydrogen (secondary N) is 1. The Bertz CT molecular complexity index is 1000. The maximum atomic E-state index is 14.2. The molecule has 0 saturated carbocycles. The Hall–Kier alpha value is -2.65. The molecule has 0 aliphatic rings. The van der Waals surface area contributed by atoms with E-state index in [-0.39, 0.29) is 23.6 Å². The Kier molecular flexibility index (Phi) is 5.85. The van der Waals surface area contributed by atoms with Crippen LogP contribution in [0.4, 0.5) is 17.6 Å². The first-order chi connectivity index (χ1) is 13.3. The molecule has 0 radical (unpaired) electrons. The van der Waals surface area contributed by atoms with E-state index in [0.717, 1.165) is 11.3 Å². The molecular weight excluding hydrogens is 398 g/mol. The molecule has 0 aliphatic heterocycles. The lowest BCUT2D eigenvalue weighted by atomic mass is 10.1. The molecule has 0 fully saturated rings. The average molecular weight is 413 g/mol. The van der Waals surface area contributed by atoms with E-state index in [0.29, 0.717) is 15.6 Å². The van der Waals surface area contributed by atoms with Gasteiger partial charge < -0.3 is 14.8 Å². The number of amides is 1. The minimum atomic E-state index is -4.84. The SMILES string of the molecule is COCc1c(C(=O)NCc2ccccc2OC(F)(F)F)sc2cccc(F)c12. The highest BCUT2D eigenvalue weighted by Crippen LogP contribution is 2.34. The molecule has 4 nitrogen and oxygen atoms in total. The number of hydrogen-bond acceptors (Lipinski definition) is 4. The lowest BCUT2D eigenvalue weighted by molar-refractivity contribution is -0.274. The third-order valence-electron chi connectivity index (χ3n) is 3.90.